The van der Waals surface area contributed by atoms with Crippen LogP contribution in [-0.2, 0) is 0 Å². The lowest BCUT2D eigenvalue weighted by molar-refractivity contribution is 0.209. The molecule has 0 saturated heterocycles. The molecule has 0 aliphatic rings. The number of pyridine rings is 1. The molecular weight excluding hydrogens is 194 g/mol. The van der Waals surface area contributed by atoms with E-state index in [9.17, 15) is 10.0 Å². The summed E-state index contributed by atoms with van der Waals surface area (Å²) in [6.07, 6.45) is 1.41. The van der Waals surface area contributed by atoms with Crippen molar-refractivity contribution < 1.29 is 5.21 Å². The normalized spacial score (nSPS) is 11.2. The smallest absolute Gasteiger partial charge is 0.200 e. The predicted octanol–water partition coefficient (Wildman–Crippen LogP) is 1.12. The van der Waals surface area contributed by atoms with E-state index in [-0.39, 0.29) is 5.43 Å². The van der Waals surface area contributed by atoms with Crippen molar-refractivity contribution in [2.45, 2.75) is 0 Å². The van der Waals surface area contributed by atoms with Gasteiger partial charge in [0.1, 0.15) is 0 Å². The van der Waals surface area contributed by atoms with Gasteiger partial charge in [0.25, 0.3) is 0 Å². The summed E-state index contributed by atoms with van der Waals surface area (Å²) >= 11 is 0. The molecule has 0 unspecified atom stereocenters. The second-order valence-corrected chi connectivity index (χ2v) is 3.29. The molecule has 5 nitrogen and oxygen atoms in total. The van der Waals surface area contributed by atoms with Crippen LogP contribution in [0.15, 0.2) is 35.3 Å². The van der Waals surface area contributed by atoms with E-state index in [1.807, 2.05) is 0 Å². The second kappa shape index (κ2) is 2.60. The quantitative estimate of drug-likeness (QED) is 0.535. The lowest BCUT2D eigenvalue weighted by atomic mass is 10.2. The van der Waals surface area contributed by atoms with Crippen LogP contribution in [0.2, 0.25) is 0 Å². The molecule has 0 bridgehead atoms. The summed E-state index contributed by atoms with van der Waals surface area (Å²) in [5.74, 6) is 0. The number of benzene rings is 1. The zero-order valence-corrected chi connectivity index (χ0v) is 7.64. The Bertz CT molecular complexity index is 711. The number of hydrogen-bond donors (Lipinski definition) is 2. The lowest BCUT2D eigenvalue weighted by Gasteiger charge is -2.03. The van der Waals surface area contributed by atoms with Crippen LogP contribution in [0.4, 0.5) is 0 Å². The zero-order chi connectivity index (χ0) is 10.4. The molecule has 0 aliphatic heterocycles. The molecule has 2 heterocycles. The highest BCUT2D eigenvalue weighted by molar-refractivity contribution is 5.90. The average molecular weight is 201 g/mol. The lowest BCUT2D eigenvalue weighted by Crippen LogP contribution is -2.08. The molecule has 5 heteroatoms. The van der Waals surface area contributed by atoms with Crippen molar-refractivity contribution in [3.63, 3.8) is 0 Å². The van der Waals surface area contributed by atoms with E-state index in [1.165, 1.54) is 6.20 Å². The molecule has 74 valence electrons. The molecule has 2 aromatic heterocycles. The number of aromatic nitrogens is 3. The van der Waals surface area contributed by atoms with Gasteiger partial charge in [-0.25, -0.2) is 0 Å². The minimum atomic E-state index is -0.125. The van der Waals surface area contributed by atoms with Gasteiger partial charge in [-0.05, 0) is 12.1 Å². The first-order valence-electron chi connectivity index (χ1n) is 4.45. The Morgan fingerprint density at radius 3 is 2.93 bits per heavy atom. The van der Waals surface area contributed by atoms with Crippen molar-refractivity contribution in [3.8, 4) is 0 Å². The van der Waals surface area contributed by atoms with Gasteiger partial charge < -0.3 is 5.21 Å². The summed E-state index contributed by atoms with van der Waals surface area (Å²) in [5, 5.41) is 17.0. The predicted molar refractivity (Wildman–Crippen MR) is 55.0 cm³/mol. The Balaban J connectivity index is 2.76. The van der Waals surface area contributed by atoms with E-state index in [1.54, 1.807) is 24.3 Å². The van der Waals surface area contributed by atoms with E-state index < -0.39 is 0 Å². The molecule has 15 heavy (non-hydrogen) atoms. The number of aromatic amines is 1. The number of fused-ring (bicyclic) bond motifs is 2. The molecule has 0 amide bonds. The summed E-state index contributed by atoms with van der Waals surface area (Å²) in [5.41, 5.74) is 0.664. The SMILES string of the molecule is O=c1c2ccccc2n(O)c2[nH]ncc12. The van der Waals surface area contributed by atoms with Gasteiger partial charge in [0.15, 0.2) is 5.65 Å². The third-order valence-corrected chi connectivity index (χ3v) is 2.45. The third-order valence-electron chi connectivity index (χ3n) is 2.45. The number of rotatable bonds is 0. The van der Waals surface area contributed by atoms with E-state index in [0.29, 0.717) is 21.9 Å². The van der Waals surface area contributed by atoms with Crippen molar-refractivity contribution in [2.75, 3.05) is 0 Å². The van der Waals surface area contributed by atoms with Gasteiger partial charge in [-0.3, -0.25) is 9.89 Å². The highest BCUT2D eigenvalue weighted by Crippen LogP contribution is 2.14. The molecule has 0 atom stereocenters. The van der Waals surface area contributed by atoms with E-state index in [0.717, 1.165) is 4.73 Å². The first-order valence-corrected chi connectivity index (χ1v) is 4.45. The number of hydrogen-bond acceptors (Lipinski definition) is 3. The van der Waals surface area contributed by atoms with Gasteiger partial charge >= 0.3 is 0 Å². The average Bonchev–Trinajstić information content (AvgIpc) is 2.75. The molecule has 0 saturated carbocycles. The number of nitrogens with zero attached hydrogens (tertiary/aromatic N) is 2. The van der Waals surface area contributed by atoms with E-state index in [2.05, 4.69) is 10.2 Å². The molecule has 0 spiro atoms. The maximum absolute atomic E-state index is 11.9. The minimum absolute atomic E-state index is 0.125. The van der Waals surface area contributed by atoms with Crippen LogP contribution in [0.5, 0.6) is 0 Å². The molecule has 0 aliphatic carbocycles. The molecular formula is C10H7N3O2. The first kappa shape index (κ1) is 8.05. The maximum atomic E-state index is 11.9. The van der Waals surface area contributed by atoms with Gasteiger partial charge in [-0.15, -0.1) is 0 Å². The van der Waals surface area contributed by atoms with Crippen LogP contribution < -0.4 is 5.43 Å². The van der Waals surface area contributed by atoms with Crippen molar-refractivity contribution in [3.05, 3.63) is 40.7 Å². The molecule has 2 N–H and O–H groups in total. The summed E-state index contributed by atoms with van der Waals surface area (Å²) in [6.45, 7) is 0. The maximum Gasteiger partial charge on any atom is 0.200 e. The Morgan fingerprint density at radius 2 is 2.07 bits per heavy atom. The largest absolute Gasteiger partial charge is 0.426 e. The van der Waals surface area contributed by atoms with Crippen LogP contribution >= 0.6 is 0 Å². The van der Waals surface area contributed by atoms with Crippen molar-refractivity contribution >= 4 is 21.9 Å². The summed E-state index contributed by atoms with van der Waals surface area (Å²) in [4.78, 5) is 11.9. The fourth-order valence-electron chi connectivity index (χ4n) is 1.72. The number of para-hydroxylation sites is 1. The van der Waals surface area contributed by atoms with Crippen LogP contribution in [0, 0.1) is 0 Å². The van der Waals surface area contributed by atoms with E-state index >= 15 is 0 Å². The van der Waals surface area contributed by atoms with Crippen LogP contribution in [0.25, 0.3) is 21.9 Å². The second-order valence-electron chi connectivity index (χ2n) is 3.29. The molecule has 3 aromatic rings. The standard InChI is InChI=1S/C10H7N3O2/c14-9-6-3-1-2-4-8(6)13(15)10-7(9)5-11-12-10/h1-5,15H,(H,11,12). The Kier molecular flexibility index (Phi) is 1.39. The number of H-pyrrole nitrogens is 1. The summed E-state index contributed by atoms with van der Waals surface area (Å²) < 4.78 is 0.944. The fraction of sp³-hybridized carbons (Fsp3) is 0. The molecule has 3 rings (SSSR count). The zero-order valence-electron chi connectivity index (χ0n) is 7.64. The monoisotopic (exact) mass is 201 g/mol. The number of nitrogens with one attached hydrogen (secondary N) is 1. The Hall–Kier alpha value is -2.30. The topological polar surface area (TPSA) is 70.9 Å². The molecule has 0 fully saturated rings. The van der Waals surface area contributed by atoms with Crippen molar-refractivity contribution in [1.29, 1.82) is 0 Å². The van der Waals surface area contributed by atoms with Crippen LogP contribution in [-0.4, -0.2) is 20.1 Å². The van der Waals surface area contributed by atoms with Gasteiger partial charge in [-0.2, -0.15) is 9.83 Å². The van der Waals surface area contributed by atoms with Gasteiger partial charge in [0.2, 0.25) is 5.43 Å². The summed E-state index contributed by atoms with van der Waals surface area (Å²) in [7, 11) is 0. The third kappa shape index (κ3) is 0.914. The van der Waals surface area contributed by atoms with Crippen molar-refractivity contribution in [1.82, 2.24) is 14.9 Å². The van der Waals surface area contributed by atoms with Gasteiger partial charge in [-0.1, -0.05) is 12.1 Å². The van der Waals surface area contributed by atoms with E-state index in [4.69, 9.17) is 0 Å². The molecule has 1 aromatic carbocycles. The fourth-order valence-corrected chi connectivity index (χ4v) is 1.72. The highest BCUT2D eigenvalue weighted by atomic mass is 16.5. The van der Waals surface area contributed by atoms with Crippen LogP contribution in [0.1, 0.15) is 0 Å². The van der Waals surface area contributed by atoms with Crippen molar-refractivity contribution in [2.24, 2.45) is 0 Å². The minimum Gasteiger partial charge on any atom is -0.426 e. The van der Waals surface area contributed by atoms with Gasteiger partial charge in [0.05, 0.1) is 17.1 Å². The Labute approximate surface area is 83.5 Å². The van der Waals surface area contributed by atoms with Crippen LogP contribution in [0.3, 0.4) is 0 Å². The van der Waals surface area contributed by atoms with Gasteiger partial charge in [0, 0.05) is 5.39 Å². The first-order chi connectivity index (χ1) is 7.29. The highest BCUT2D eigenvalue weighted by Gasteiger charge is 2.10. The Morgan fingerprint density at radius 1 is 1.27 bits per heavy atom. The summed E-state index contributed by atoms with van der Waals surface area (Å²) in [6, 6.07) is 6.88. The molecule has 0 radical (unpaired) electrons.